The van der Waals surface area contributed by atoms with Crippen molar-refractivity contribution in [1.82, 2.24) is 14.8 Å². The summed E-state index contributed by atoms with van der Waals surface area (Å²) in [4.78, 5) is 18.3. The number of anilines is 2. The third-order valence-corrected chi connectivity index (χ3v) is 6.12. The first-order chi connectivity index (χ1) is 17.0. The first-order valence-corrected chi connectivity index (χ1v) is 11.3. The molecule has 9 heteroatoms. The Morgan fingerprint density at radius 2 is 1.80 bits per heavy atom. The second kappa shape index (κ2) is 9.15. The molecule has 0 saturated heterocycles. The largest absolute Gasteiger partial charge is 0.508 e. The SMILES string of the molecule is COc1ccccc1NC(=O)C1=C(C)Nc2nc(-c3ccc(O)cc3)nn2C1c1ccccc1Cl. The van der Waals surface area contributed by atoms with Crippen LogP contribution in [0.25, 0.3) is 11.4 Å². The van der Waals surface area contributed by atoms with E-state index in [1.807, 2.05) is 37.3 Å². The van der Waals surface area contributed by atoms with E-state index in [2.05, 4.69) is 15.6 Å². The van der Waals surface area contributed by atoms with Gasteiger partial charge in [0.05, 0.1) is 18.4 Å². The number of aromatic nitrogens is 3. The van der Waals surface area contributed by atoms with Crippen molar-refractivity contribution in [3.05, 3.63) is 94.7 Å². The highest BCUT2D eigenvalue weighted by molar-refractivity contribution is 6.31. The van der Waals surface area contributed by atoms with Gasteiger partial charge < -0.3 is 20.5 Å². The fourth-order valence-electron chi connectivity index (χ4n) is 4.10. The zero-order chi connectivity index (χ0) is 24.5. The van der Waals surface area contributed by atoms with Crippen LogP contribution in [0.5, 0.6) is 11.5 Å². The average Bonchev–Trinajstić information content (AvgIpc) is 3.28. The maximum Gasteiger partial charge on any atom is 0.255 e. The molecule has 2 heterocycles. The number of nitrogens with zero attached hydrogens (tertiary/aromatic N) is 3. The van der Waals surface area contributed by atoms with Gasteiger partial charge in [0.25, 0.3) is 5.91 Å². The van der Waals surface area contributed by atoms with Crippen molar-refractivity contribution in [3.8, 4) is 22.9 Å². The molecule has 3 N–H and O–H groups in total. The first kappa shape index (κ1) is 22.5. The van der Waals surface area contributed by atoms with E-state index in [1.54, 1.807) is 54.3 Å². The number of rotatable bonds is 5. The molecule has 1 atom stereocenters. The Morgan fingerprint density at radius 3 is 2.54 bits per heavy atom. The number of phenols is 1. The van der Waals surface area contributed by atoms with E-state index in [0.717, 1.165) is 5.56 Å². The molecule has 5 rings (SSSR count). The molecular formula is C26H22ClN5O3. The van der Waals surface area contributed by atoms with E-state index in [0.29, 0.717) is 45.1 Å². The lowest BCUT2D eigenvalue weighted by Crippen LogP contribution is -2.31. The van der Waals surface area contributed by atoms with Gasteiger partial charge in [-0.15, -0.1) is 5.10 Å². The Morgan fingerprint density at radius 1 is 1.09 bits per heavy atom. The number of methoxy groups -OCH3 is 1. The van der Waals surface area contributed by atoms with Gasteiger partial charge >= 0.3 is 0 Å². The quantitative estimate of drug-likeness (QED) is 0.356. The number of para-hydroxylation sites is 2. The molecule has 0 bridgehead atoms. The monoisotopic (exact) mass is 487 g/mol. The van der Waals surface area contributed by atoms with Crippen molar-refractivity contribution in [3.63, 3.8) is 0 Å². The van der Waals surface area contributed by atoms with Crippen LogP contribution in [0.1, 0.15) is 18.5 Å². The van der Waals surface area contributed by atoms with Crippen molar-refractivity contribution >= 4 is 29.1 Å². The van der Waals surface area contributed by atoms with Gasteiger partial charge in [0, 0.05) is 21.8 Å². The number of ether oxygens (including phenoxy) is 1. The maximum atomic E-state index is 13.7. The van der Waals surface area contributed by atoms with Gasteiger partial charge in [-0.1, -0.05) is 41.9 Å². The Balaban J connectivity index is 1.61. The molecule has 1 aliphatic heterocycles. The molecule has 0 radical (unpaired) electrons. The Bertz CT molecular complexity index is 1450. The number of carbonyl (C=O) groups is 1. The molecule has 1 aliphatic rings. The summed E-state index contributed by atoms with van der Waals surface area (Å²) in [6.45, 7) is 1.82. The van der Waals surface area contributed by atoms with Crippen LogP contribution in [0.15, 0.2) is 84.1 Å². The van der Waals surface area contributed by atoms with Crippen molar-refractivity contribution < 1.29 is 14.6 Å². The molecule has 1 amide bonds. The molecule has 1 aromatic heterocycles. The van der Waals surface area contributed by atoms with Crippen LogP contribution < -0.4 is 15.4 Å². The van der Waals surface area contributed by atoms with E-state index in [1.165, 1.54) is 0 Å². The fraction of sp³-hybridized carbons (Fsp3) is 0.115. The van der Waals surface area contributed by atoms with Gasteiger partial charge in [-0.25, -0.2) is 4.68 Å². The van der Waals surface area contributed by atoms with E-state index in [9.17, 15) is 9.90 Å². The summed E-state index contributed by atoms with van der Waals surface area (Å²) in [7, 11) is 1.55. The van der Waals surface area contributed by atoms with Crippen LogP contribution in [0.3, 0.4) is 0 Å². The van der Waals surface area contributed by atoms with Gasteiger partial charge in [-0.2, -0.15) is 4.98 Å². The van der Waals surface area contributed by atoms with Gasteiger partial charge in [0.15, 0.2) is 5.82 Å². The molecule has 0 fully saturated rings. The van der Waals surface area contributed by atoms with E-state index in [4.69, 9.17) is 21.4 Å². The summed E-state index contributed by atoms with van der Waals surface area (Å²) in [5.41, 5.74) is 3.05. The fourth-order valence-corrected chi connectivity index (χ4v) is 4.34. The molecule has 8 nitrogen and oxygen atoms in total. The summed E-state index contributed by atoms with van der Waals surface area (Å²) in [6.07, 6.45) is 0. The molecule has 0 aliphatic carbocycles. The summed E-state index contributed by atoms with van der Waals surface area (Å²) >= 11 is 6.61. The standard InChI is InChI=1S/C26H22ClN5O3/c1-15-22(25(34)29-20-9-5-6-10-21(20)35-2)23(18-7-3-4-8-19(18)27)32-26(28-15)30-24(31-32)16-11-13-17(33)14-12-16/h3-14,23,33H,1-2H3,(H,29,34)(H,28,30,31). The van der Waals surface area contributed by atoms with Crippen molar-refractivity contribution in [2.24, 2.45) is 0 Å². The molecule has 1 unspecified atom stereocenters. The molecule has 3 aromatic carbocycles. The third kappa shape index (κ3) is 4.20. The number of carbonyl (C=O) groups excluding carboxylic acids is 1. The number of aromatic hydroxyl groups is 1. The smallest absolute Gasteiger partial charge is 0.255 e. The number of benzene rings is 3. The van der Waals surface area contributed by atoms with Crippen LogP contribution >= 0.6 is 11.6 Å². The van der Waals surface area contributed by atoms with Crippen LogP contribution in [0, 0.1) is 0 Å². The summed E-state index contributed by atoms with van der Waals surface area (Å²) in [5, 5.41) is 21.0. The summed E-state index contributed by atoms with van der Waals surface area (Å²) < 4.78 is 7.06. The number of fused-ring (bicyclic) bond motifs is 1. The lowest BCUT2D eigenvalue weighted by atomic mass is 9.95. The highest BCUT2D eigenvalue weighted by atomic mass is 35.5. The number of amides is 1. The molecule has 35 heavy (non-hydrogen) atoms. The highest BCUT2D eigenvalue weighted by Crippen LogP contribution is 2.39. The number of hydrogen-bond acceptors (Lipinski definition) is 6. The minimum atomic E-state index is -0.631. The van der Waals surface area contributed by atoms with Crippen LogP contribution in [-0.2, 0) is 4.79 Å². The first-order valence-electron chi connectivity index (χ1n) is 10.9. The Hall–Kier alpha value is -4.30. The van der Waals surface area contributed by atoms with Crippen LogP contribution in [-0.4, -0.2) is 32.9 Å². The van der Waals surface area contributed by atoms with E-state index >= 15 is 0 Å². The minimum absolute atomic E-state index is 0.151. The number of halogens is 1. The van der Waals surface area contributed by atoms with Gasteiger partial charge in [-0.3, -0.25) is 4.79 Å². The lowest BCUT2D eigenvalue weighted by Gasteiger charge is -2.29. The molecule has 0 saturated carbocycles. The van der Waals surface area contributed by atoms with Gasteiger partial charge in [0.2, 0.25) is 5.95 Å². The predicted octanol–water partition coefficient (Wildman–Crippen LogP) is 5.24. The average molecular weight is 488 g/mol. The van der Waals surface area contributed by atoms with Crippen LogP contribution in [0.4, 0.5) is 11.6 Å². The van der Waals surface area contributed by atoms with Gasteiger partial charge in [0.1, 0.15) is 17.5 Å². The maximum absolute atomic E-state index is 13.7. The number of phenolic OH excluding ortho intramolecular Hbond substituents is 1. The second-order valence-corrected chi connectivity index (χ2v) is 8.40. The topological polar surface area (TPSA) is 101 Å². The number of hydrogen-bond donors (Lipinski definition) is 3. The minimum Gasteiger partial charge on any atom is -0.508 e. The Labute approximate surface area is 206 Å². The number of allylic oxidation sites excluding steroid dienone is 1. The molecule has 176 valence electrons. The molecule has 0 spiro atoms. The summed E-state index contributed by atoms with van der Waals surface area (Å²) in [6, 6.07) is 20.5. The summed E-state index contributed by atoms with van der Waals surface area (Å²) in [5.74, 6) is 1.30. The molecular weight excluding hydrogens is 466 g/mol. The van der Waals surface area contributed by atoms with Crippen molar-refractivity contribution in [1.29, 1.82) is 0 Å². The second-order valence-electron chi connectivity index (χ2n) is 7.99. The lowest BCUT2D eigenvalue weighted by molar-refractivity contribution is -0.113. The molecule has 4 aromatic rings. The third-order valence-electron chi connectivity index (χ3n) is 5.78. The highest BCUT2D eigenvalue weighted by Gasteiger charge is 2.35. The Kier molecular flexibility index (Phi) is 5.88. The van der Waals surface area contributed by atoms with Crippen molar-refractivity contribution in [2.75, 3.05) is 17.7 Å². The van der Waals surface area contributed by atoms with Crippen molar-refractivity contribution in [2.45, 2.75) is 13.0 Å². The zero-order valence-corrected chi connectivity index (χ0v) is 19.7. The van der Waals surface area contributed by atoms with Crippen LogP contribution in [0.2, 0.25) is 5.02 Å². The number of nitrogens with one attached hydrogen (secondary N) is 2. The normalized spacial score (nSPS) is 14.8. The van der Waals surface area contributed by atoms with Gasteiger partial charge in [-0.05, 0) is 49.4 Å². The zero-order valence-electron chi connectivity index (χ0n) is 19.0. The van der Waals surface area contributed by atoms with E-state index in [-0.39, 0.29) is 11.7 Å². The van der Waals surface area contributed by atoms with E-state index < -0.39 is 6.04 Å². The predicted molar refractivity (Wildman–Crippen MR) is 135 cm³/mol.